The summed E-state index contributed by atoms with van der Waals surface area (Å²) in [4.78, 5) is 19.6. The van der Waals surface area contributed by atoms with Crippen LogP contribution in [0.4, 0.5) is 11.4 Å². The van der Waals surface area contributed by atoms with Gasteiger partial charge in [0.1, 0.15) is 11.1 Å². The minimum Gasteiger partial charge on any atom is -0.279 e. The minimum absolute atomic E-state index is 0.0524. The van der Waals surface area contributed by atoms with E-state index >= 15 is 0 Å². The molecule has 0 unspecified atom stereocenters. The molecule has 1 aliphatic rings. The van der Waals surface area contributed by atoms with Gasteiger partial charge in [0.25, 0.3) is 0 Å². The van der Waals surface area contributed by atoms with Gasteiger partial charge in [0.15, 0.2) is 0 Å². The highest BCUT2D eigenvalue weighted by Crippen LogP contribution is 2.37. The fraction of sp³-hybridized carbons (Fsp3) is 0.125. The Morgan fingerprint density at radius 2 is 1.62 bits per heavy atom. The molecule has 0 atom stereocenters. The molecule has 1 amide bonds. The summed E-state index contributed by atoms with van der Waals surface area (Å²) in [5.74, 6) is 0.135. The molecule has 0 saturated heterocycles. The maximum atomic E-state index is 13.4. The van der Waals surface area contributed by atoms with Crippen molar-refractivity contribution in [2.45, 2.75) is 18.9 Å². The average Bonchev–Trinajstić information content (AvgIpc) is 2.88. The first-order valence-electron chi connectivity index (χ1n) is 9.28. The largest absolute Gasteiger partial charge is 0.279 e. The van der Waals surface area contributed by atoms with Crippen molar-refractivity contribution in [1.82, 2.24) is 4.98 Å². The predicted molar refractivity (Wildman–Crippen MR) is 118 cm³/mol. The van der Waals surface area contributed by atoms with Gasteiger partial charge in [-0.15, -0.1) is 0 Å². The highest BCUT2D eigenvalue weighted by molar-refractivity contribution is 8.00. The standard InChI is InChI=1S/C24H19N3OS/c1-16-13-17(2)26-24(20(16)14-25)29-15-23(28)27-21-9-5-3-7-18(21)11-12-19-8-4-6-10-22(19)27/h3-13H,15H2,1-2H3. The molecule has 4 nitrogen and oxygen atoms in total. The quantitative estimate of drug-likeness (QED) is 0.547. The lowest BCUT2D eigenvalue weighted by atomic mass is 10.1. The van der Waals surface area contributed by atoms with Gasteiger partial charge in [0.2, 0.25) is 5.91 Å². The number of aromatic nitrogens is 1. The molecule has 29 heavy (non-hydrogen) atoms. The molecule has 0 spiro atoms. The molecule has 2 heterocycles. The Labute approximate surface area is 174 Å². The third-order valence-corrected chi connectivity index (χ3v) is 5.76. The second kappa shape index (κ2) is 7.94. The van der Waals surface area contributed by atoms with Gasteiger partial charge in [0, 0.05) is 5.69 Å². The van der Waals surface area contributed by atoms with Crippen LogP contribution < -0.4 is 4.90 Å². The van der Waals surface area contributed by atoms with Crippen LogP contribution in [0.15, 0.2) is 59.6 Å². The molecule has 4 rings (SSSR count). The summed E-state index contributed by atoms with van der Waals surface area (Å²) in [6.07, 6.45) is 4.07. The van der Waals surface area contributed by atoms with Crippen molar-refractivity contribution in [3.8, 4) is 6.07 Å². The van der Waals surface area contributed by atoms with Crippen LogP contribution in [0.25, 0.3) is 12.2 Å². The van der Waals surface area contributed by atoms with Crippen molar-refractivity contribution >= 4 is 41.2 Å². The first kappa shape index (κ1) is 19.0. The van der Waals surface area contributed by atoms with E-state index in [0.717, 1.165) is 33.8 Å². The van der Waals surface area contributed by atoms with Crippen LogP contribution in [0.1, 0.15) is 27.9 Å². The molecule has 0 radical (unpaired) electrons. The Balaban J connectivity index is 1.70. The van der Waals surface area contributed by atoms with E-state index in [1.54, 1.807) is 4.90 Å². The summed E-state index contributed by atoms with van der Waals surface area (Å²) < 4.78 is 0. The zero-order valence-electron chi connectivity index (χ0n) is 16.2. The second-order valence-electron chi connectivity index (χ2n) is 6.84. The number of hydrogen-bond donors (Lipinski definition) is 0. The van der Waals surface area contributed by atoms with Crippen LogP contribution in [0.5, 0.6) is 0 Å². The molecule has 0 aliphatic carbocycles. The summed E-state index contributed by atoms with van der Waals surface area (Å²) in [6, 6.07) is 19.8. The Hall–Kier alpha value is -3.36. The van der Waals surface area contributed by atoms with Gasteiger partial charge in [0.05, 0.1) is 22.7 Å². The van der Waals surface area contributed by atoms with Gasteiger partial charge in [-0.05, 0) is 48.7 Å². The van der Waals surface area contributed by atoms with Gasteiger partial charge in [-0.1, -0.05) is 60.3 Å². The maximum Gasteiger partial charge on any atom is 0.241 e. The number of benzene rings is 2. The van der Waals surface area contributed by atoms with Gasteiger partial charge >= 0.3 is 0 Å². The van der Waals surface area contributed by atoms with Crippen molar-refractivity contribution in [1.29, 1.82) is 5.26 Å². The first-order chi connectivity index (χ1) is 14.1. The molecule has 1 aliphatic heterocycles. The number of carbonyl (C=O) groups excluding carboxylic acids is 1. The summed E-state index contributed by atoms with van der Waals surface area (Å²) >= 11 is 1.31. The van der Waals surface area contributed by atoms with E-state index in [9.17, 15) is 10.1 Å². The molecular formula is C24H19N3OS. The Morgan fingerprint density at radius 1 is 1.03 bits per heavy atom. The Kier molecular flexibility index (Phi) is 5.20. The van der Waals surface area contributed by atoms with Gasteiger partial charge in [-0.25, -0.2) is 4.98 Å². The van der Waals surface area contributed by atoms with E-state index in [4.69, 9.17) is 0 Å². The normalized spacial score (nSPS) is 12.0. The fourth-order valence-electron chi connectivity index (χ4n) is 3.48. The zero-order valence-corrected chi connectivity index (χ0v) is 17.0. The highest BCUT2D eigenvalue weighted by Gasteiger charge is 2.24. The molecule has 142 valence electrons. The Bertz CT molecular complexity index is 1130. The van der Waals surface area contributed by atoms with Crippen molar-refractivity contribution in [2.75, 3.05) is 10.7 Å². The molecule has 3 aromatic rings. The molecule has 0 fully saturated rings. The first-order valence-corrected chi connectivity index (χ1v) is 10.3. The molecular weight excluding hydrogens is 378 g/mol. The molecule has 0 N–H and O–H groups in total. The molecule has 0 saturated carbocycles. The second-order valence-corrected chi connectivity index (χ2v) is 7.81. The number of anilines is 2. The lowest BCUT2D eigenvalue weighted by Crippen LogP contribution is -2.28. The topological polar surface area (TPSA) is 57.0 Å². The number of fused-ring (bicyclic) bond motifs is 2. The monoisotopic (exact) mass is 397 g/mol. The van der Waals surface area contributed by atoms with Crippen LogP contribution in [0.3, 0.4) is 0 Å². The van der Waals surface area contributed by atoms with E-state index in [0.29, 0.717) is 10.6 Å². The van der Waals surface area contributed by atoms with Crippen LogP contribution in [-0.2, 0) is 4.79 Å². The highest BCUT2D eigenvalue weighted by atomic mass is 32.2. The van der Waals surface area contributed by atoms with Gasteiger partial charge in [-0.3, -0.25) is 9.69 Å². The number of hydrogen-bond acceptors (Lipinski definition) is 4. The van der Waals surface area contributed by atoms with E-state index < -0.39 is 0 Å². The SMILES string of the molecule is Cc1cc(C)c(C#N)c(SCC(=O)N2c3ccccc3C=Cc3ccccc32)n1. The van der Waals surface area contributed by atoms with Crippen LogP contribution >= 0.6 is 11.8 Å². The number of rotatable bonds is 3. The van der Waals surface area contributed by atoms with Crippen molar-refractivity contribution in [3.63, 3.8) is 0 Å². The number of nitrogens with zero attached hydrogens (tertiary/aromatic N) is 3. The third kappa shape index (κ3) is 3.67. The third-order valence-electron chi connectivity index (χ3n) is 4.80. The summed E-state index contributed by atoms with van der Waals surface area (Å²) in [6.45, 7) is 3.79. The number of pyridine rings is 1. The summed E-state index contributed by atoms with van der Waals surface area (Å²) in [5.41, 5.74) is 5.94. The van der Waals surface area contributed by atoms with Crippen LogP contribution in [-0.4, -0.2) is 16.6 Å². The maximum absolute atomic E-state index is 13.4. The number of amides is 1. The lowest BCUT2D eigenvalue weighted by molar-refractivity contribution is -0.115. The molecule has 5 heteroatoms. The summed E-state index contributed by atoms with van der Waals surface area (Å²) in [5, 5.41) is 10.1. The fourth-order valence-corrected chi connectivity index (χ4v) is 4.43. The molecule has 1 aromatic heterocycles. The predicted octanol–water partition coefficient (Wildman–Crippen LogP) is 5.51. The molecule has 0 bridgehead atoms. The number of para-hydroxylation sites is 2. The minimum atomic E-state index is -0.0524. The Morgan fingerprint density at radius 3 is 2.21 bits per heavy atom. The van der Waals surface area contributed by atoms with Gasteiger partial charge in [-0.2, -0.15) is 5.26 Å². The molecule has 2 aromatic carbocycles. The van der Waals surface area contributed by atoms with Gasteiger partial charge < -0.3 is 0 Å². The van der Waals surface area contributed by atoms with E-state index in [1.165, 1.54) is 11.8 Å². The number of nitriles is 1. The van der Waals surface area contributed by atoms with E-state index in [2.05, 4.69) is 11.1 Å². The van der Waals surface area contributed by atoms with E-state index in [1.807, 2.05) is 80.6 Å². The summed E-state index contributed by atoms with van der Waals surface area (Å²) in [7, 11) is 0. The van der Waals surface area contributed by atoms with Crippen molar-refractivity contribution in [2.24, 2.45) is 0 Å². The lowest BCUT2D eigenvalue weighted by Gasteiger charge is -2.25. The van der Waals surface area contributed by atoms with E-state index in [-0.39, 0.29) is 11.7 Å². The number of carbonyl (C=O) groups is 1. The number of thioether (sulfide) groups is 1. The average molecular weight is 398 g/mol. The zero-order chi connectivity index (χ0) is 20.4. The van der Waals surface area contributed by atoms with Crippen LogP contribution in [0.2, 0.25) is 0 Å². The van der Waals surface area contributed by atoms with Crippen molar-refractivity contribution < 1.29 is 4.79 Å². The smallest absolute Gasteiger partial charge is 0.241 e. The van der Waals surface area contributed by atoms with Crippen molar-refractivity contribution in [3.05, 3.63) is 82.5 Å². The van der Waals surface area contributed by atoms with Crippen LogP contribution in [0, 0.1) is 25.2 Å². The number of aryl methyl sites for hydroxylation is 2.